The molecule has 0 aliphatic heterocycles. The van der Waals surface area contributed by atoms with E-state index in [1.165, 1.54) is 51.4 Å². The monoisotopic (exact) mass is 457 g/mol. The highest BCUT2D eigenvalue weighted by molar-refractivity contribution is 5.75. The number of hydrogen-bond acceptors (Lipinski definition) is 3. The molecule has 0 radical (unpaired) electrons. The number of amides is 1. The molecular formula is C29H47NO3. The molecule has 0 bridgehead atoms. The molecule has 1 unspecified atom stereocenters. The van der Waals surface area contributed by atoms with Gasteiger partial charge in [0.15, 0.2) is 0 Å². The molecule has 33 heavy (non-hydrogen) atoms. The molecule has 1 amide bonds. The third-order valence-corrected chi connectivity index (χ3v) is 11.3. The van der Waals surface area contributed by atoms with Gasteiger partial charge < -0.3 is 5.11 Å². The Hall–Kier alpha value is -0.870. The lowest BCUT2D eigenvalue weighted by Gasteiger charge is -2.58. The number of nitrogens with zero attached hydrogens (tertiary/aromatic N) is 1. The molecule has 1 N–H and O–H groups in total. The van der Waals surface area contributed by atoms with Crippen LogP contribution in [-0.2, 0) is 9.63 Å². The van der Waals surface area contributed by atoms with Crippen LogP contribution in [0.4, 0.5) is 0 Å². The SMILES string of the molecule is CON(CC1CC1)C(=O)CCC(C)[C@H]1CC[C@H]2[C@@H]3CC=C4C[C@@H](O)CC[C@]4(C)[C@H]3CC[C@]12C. The topological polar surface area (TPSA) is 49.8 Å². The third-order valence-electron chi connectivity index (χ3n) is 11.3. The summed E-state index contributed by atoms with van der Waals surface area (Å²) < 4.78 is 0. The molecule has 4 saturated carbocycles. The van der Waals surface area contributed by atoms with E-state index in [0.29, 0.717) is 29.1 Å². The van der Waals surface area contributed by atoms with E-state index in [-0.39, 0.29) is 12.0 Å². The van der Waals surface area contributed by atoms with Crippen LogP contribution < -0.4 is 0 Å². The van der Waals surface area contributed by atoms with Crippen LogP contribution in [0.2, 0.25) is 0 Å². The van der Waals surface area contributed by atoms with Crippen molar-refractivity contribution >= 4 is 5.91 Å². The number of carbonyl (C=O) groups excluding carboxylic acids is 1. The summed E-state index contributed by atoms with van der Waals surface area (Å²) in [5.41, 5.74) is 2.32. The number of fused-ring (bicyclic) bond motifs is 5. The van der Waals surface area contributed by atoms with Crippen LogP contribution in [0.25, 0.3) is 0 Å². The highest BCUT2D eigenvalue weighted by Crippen LogP contribution is 2.67. The fourth-order valence-corrected chi connectivity index (χ4v) is 9.11. The quantitative estimate of drug-likeness (QED) is 0.369. The maximum Gasteiger partial charge on any atom is 0.246 e. The lowest BCUT2D eigenvalue weighted by atomic mass is 9.47. The van der Waals surface area contributed by atoms with Gasteiger partial charge in [-0.2, -0.15) is 0 Å². The van der Waals surface area contributed by atoms with Crippen LogP contribution in [0, 0.1) is 46.3 Å². The van der Waals surface area contributed by atoms with Crippen molar-refractivity contribution in [3.8, 4) is 0 Å². The minimum absolute atomic E-state index is 0.118. The fraction of sp³-hybridized carbons (Fsp3) is 0.897. The zero-order valence-electron chi connectivity index (χ0n) is 21.5. The van der Waals surface area contributed by atoms with Crippen LogP contribution in [0.3, 0.4) is 0 Å². The Labute approximate surface area is 201 Å². The summed E-state index contributed by atoms with van der Waals surface area (Å²) in [7, 11) is 1.64. The molecule has 8 atom stereocenters. The summed E-state index contributed by atoms with van der Waals surface area (Å²) in [6.45, 7) is 8.32. The van der Waals surface area contributed by atoms with Crippen molar-refractivity contribution in [1.82, 2.24) is 5.06 Å². The van der Waals surface area contributed by atoms with Gasteiger partial charge in [0.25, 0.3) is 0 Å². The zero-order valence-corrected chi connectivity index (χ0v) is 21.5. The van der Waals surface area contributed by atoms with Gasteiger partial charge in [-0.25, -0.2) is 5.06 Å². The number of carbonyl (C=O) groups is 1. The van der Waals surface area contributed by atoms with Gasteiger partial charge in [0.1, 0.15) is 0 Å². The van der Waals surface area contributed by atoms with Crippen molar-refractivity contribution in [3.05, 3.63) is 11.6 Å². The molecule has 0 saturated heterocycles. The summed E-state index contributed by atoms with van der Waals surface area (Å²) >= 11 is 0. The van der Waals surface area contributed by atoms with Crippen LogP contribution in [0.1, 0.15) is 97.8 Å². The first kappa shape index (κ1) is 23.9. The summed E-state index contributed by atoms with van der Waals surface area (Å²) in [5, 5.41) is 11.9. The van der Waals surface area contributed by atoms with E-state index in [1.807, 2.05) is 0 Å². The maximum absolute atomic E-state index is 12.8. The summed E-state index contributed by atoms with van der Waals surface area (Å²) in [6, 6.07) is 0. The van der Waals surface area contributed by atoms with Crippen molar-refractivity contribution in [3.63, 3.8) is 0 Å². The van der Waals surface area contributed by atoms with Gasteiger partial charge in [0, 0.05) is 6.42 Å². The van der Waals surface area contributed by atoms with Gasteiger partial charge in [-0.3, -0.25) is 9.63 Å². The first-order valence-electron chi connectivity index (χ1n) is 14.0. The van der Waals surface area contributed by atoms with Gasteiger partial charge in [-0.1, -0.05) is 32.4 Å². The Morgan fingerprint density at radius 1 is 1.15 bits per heavy atom. The van der Waals surface area contributed by atoms with E-state index in [2.05, 4.69) is 26.8 Å². The van der Waals surface area contributed by atoms with Crippen LogP contribution in [-0.4, -0.2) is 35.8 Å². The van der Waals surface area contributed by atoms with Gasteiger partial charge in [-0.15, -0.1) is 0 Å². The van der Waals surface area contributed by atoms with E-state index >= 15 is 0 Å². The standard InChI is InChI=1S/C29H47NO3/c1-19(5-12-27(32)30(33-4)18-20-6-7-20)24-10-11-25-23-9-8-21-17-22(31)13-15-28(21,2)26(23)14-16-29(24,25)3/h8,19-20,22-26,31H,5-7,9-18H2,1-4H3/t19?,22-,23-,24+,25-,26-,28-,29+/m0/s1. The molecule has 5 aliphatic rings. The Bertz CT molecular complexity index is 775. The Balaban J connectivity index is 1.24. The normalized spacial score (nSPS) is 43.2. The molecule has 0 heterocycles. The molecule has 186 valence electrons. The second kappa shape index (κ2) is 8.97. The summed E-state index contributed by atoms with van der Waals surface area (Å²) in [5.74, 6) is 4.61. The Morgan fingerprint density at radius 2 is 1.94 bits per heavy atom. The van der Waals surface area contributed by atoms with Crippen molar-refractivity contribution in [1.29, 1.82) is 0 Å². The van der Waals surface area contributed by atoms with Crippen molar-refractivity contribution in [2.45, 2.75) is 104 Å². The molecule has 0 spiro atoms. The van der Waals surface area contributed by atoms with Gasteiger partial charge in [-0.05, 0) is 117 Å². The van der Waals surface area contributed by atoms with E-state index in [9.17, 15) is 9.90 Å². The number of hydroxylamine groups is 2. The molecule has 5 rings (SSSR count). The fourth-order valence-electron chi connectivity index (χ4n) is 9.11. The predicted octanol–water partition coefficient (Wildman–Crippen LogP) is 6.14. The number of aliphatic hydroxyl groups excluding tert-OH is 1. The average molecular weight is 458 g/mol. The second-order valence-corrected chi connectivity index (χ2v) is 13.0. The van der Waals surface area contributed by atoms with Crippen LogP contribution in [0.15, 0.2) is 11.6 Å². The zero-order chi connectivity index (χ0) is 23.4. The van der Waals surface area contributed by atoms with Crippen molar-refractivity contribution in [2.75, 3.05) is 13.7 Å². The third kappa shape index (κ3) is 4.22. The smallest absolute Gasteiger partial charge is 0.246 e. The number of rotatable bonds is 7. The van der Waals surface area contributed by atoms with Crippen LogP contribution in [0.5, 0.6) is 0 Å². The van der Waals surface area contributed by atoms with E-state index in [0.717, 1.165) is 49.5 Å². The minimum Gasteiger partial charge on any atom is -0.393 e. The highest BCUT2D eigenvalue weighted by atomic mass is 16.7. The number of allylic oxidation sites excluding steroid dienone is 1. The van der Waals surface area contributed by atoms with E-state index in [4.69, 9.17) is 4.84 Å². The maximum atomic E-state index is 12.8. The van der Waals surface area contributed by atoms with Gasteiger partial charge >= 0.3 is 0 Å². The lowest BCUT2D eigenvalue weighted by Crippen LogP contribution is -2.50. The van der Waals surface area contributed by atoms with E-state index < -0.39 is 0 Å². The summed E-state index contributed by atoms with van der Waals surface area (Å²) in [4.78, 5) is 18.2. The first-order valence-corrected chi connectivity index (χ1v) is 14.0. The summed E-state index contributed by atoms with van der Waals surface area (Å²) in [6.07, 6.45) is 16.2. The Morgan fingerprint density at radius 3 is 2.67 bits per heavy atom. The molecule has 4 nitrogen and oxygen atoms in total. The lowest BCUT2D eigenvalue weighted by molar-refractivity contribution is -0.177. The average Bonchev–Trinajstić information content (AvgIpc) is 3.54. The molecule has 0 aromatic rings. The first-order chi connectivity index (χ1) is 15.8. The van der Waals surface area contributed by atoms with Crippen LogP contribution >= 0.6 is 0 Å². The minimum atomic E-state index is -0.118. The molecule has 0 aromatic carbocycles. The van der Waals surface area contributed by atoms with Gasteiger partial charge in [0.05, 0.1) is 19.8 Å². The predicted molar refractivity (Wildman–Crippen MR) is 131 cm³/mol. The molecule has 4 fully saturated rings. The molecule has 0 aromatic heterocycles. The molecular weight excluding hydrogens is 410 g/mol. The van der Waals surface area contributed by atoms with Crippen molar-refractivity contribution < 1.29 is 14.7 Å². The number of hydrogen-bond donors (Lipinski definition) is 1. The van der Waals surface area contributed by atoms with E-state index in [1.54, 1.807) is 17.7 Å². The highest BCUT2D eigenvalue weighted by Gasteiger charge is 2.59. The molecule has 4 heteroatoms. The second-order valence-electron chi connectivity index (χ2n) is 13.0. The Kier molecular flexibility index (Phi) is 6.48. The van der Waals surface area contributed by atoms with Crippen molar-refractivity contribution in [2.24, 2.45) is 46.3 Å². The largest absolute Gasteiger partial charge is 0.393 e. The van der Waals surface area contributed by atoms with Gasteiger partial charge in [0.2, 0.25) is 5.91 Å². The number of aliphatic hydroxyl groups is 1. The molecule has 5 aliphatic carbocycles.